The van der Waals surface area contributed by atoms with Gasteiger partial charge in [0.05, 0.1) is 6.10 Å². The van der Waals surface area contributed by atoms with Gasteiger partial charge in [-0.15, -0.1) is 0 Å². The van der Waals surface area contributed by atoms with Crippen LogP contribution < -0.4 is 5.32 Å². The van der Waals surface area contributed by atoms with Crippen LogP contribution in [0.25, 0.3) is 0 Å². The topological polar surface area (TPSA) is 71.5 Å². The van der Waals surface area contributed by atoms with Gasteiger partial charge >= 0.3 is 5.97 Å². The van der Waals surface area contributed by atoms with E-state index in [0.717, 1.165) is 18.9 Å². The molecule has 5 nitrogen and oxygen atoms in total. The van der Waals surface area contributed by atoms with E-state index in [-0.39, 0.29) is 17.5 Å². The fourth-order valence-corrected chi connectivity index (χ4v) is 1.49. The van der Waals surface area contributed by atoms with Gasteiger partial charge in [-0.25, -0.2) is 14.2 Å². The van der Waals surface area contributed by atoms with E-state index in [2.05, 4.69) is 10.3 Å². The number of anilines is 1. The van der Waals surface area contributed by atoms with Gasteiger partial charge in [0.25, 0.3) is 0 Å². The van der Waals surface area contributed by atoms with Crippen molar-refractivity contribution < 1.29 is 19.0 Å². The summed E-state index contributed by atoms with van der Waals surface area (Å²) < 4.78 is 19.0. The molecule has 1 aromatic rings. The van der Waals surface area contributed by atoms with E-state index in [0.29, 0.717) is 13.2 Å². The van der Waals surface area contributed by atoms with Gasteiger partial charge in [0.2, 0.25) is 0 Å². The molecular weight excluding hydrogens is 251 g/mol. The number of carboxylic acids is 1. The zero-order chi connectivity index (χ0) is 14.3. The summed E-state index contributed by atoms with van der Waals surface area (Å²) in [5.74, 6) is -2.15. The second-order valence-corrected chi connectivity index (χ2v) is 4.38. The van der Waals surface area contributed by atoms with Crippen molar-refractivity contribution in [1.29, 1.82) is 0 Å². The molecule has 0 unspecified atom stereocenters. The molecule has 0 aliphatic heterocycles. The molecule has 0 amide bonds. The molecule has 0 aliphatic carbocycles. The van der Waals surface area contributed by atoms with Gasteiger partial charge in [0, 0.05) is 19.3 Å². The molecule has 0 saturated heterocycles. The highest BCUT2D eigenvalue weighted by atomic mass is 19.1. The lowest BCUT2D eigenvalue weighted by molar-refractivity contribution is 0.0691. The van der Waals surface area contributed by atoms with Crippen LogP contribution in [0.15, 0.2) is 12.3 Å². The van der Waals surface area contributed by atoms with Crippen molar-refractivity contribution in [3.8, 4) is 0 Å². The molecule has 0 spiro atoms. The smallest absolute Gasteiger partial charge is 0.338 e. The molecule has 0 fully saturated rings. The van der Waals surface area contributed by atoms with E-state index >= 15 is 0 Å². The largest absolute Gasteiger partial charge is 0.478 e. The van der Waals surface area contributed by atoms with Crippen molar-refractivity contribution in [2.75, 3.05) is 18.5 Å². The van der Waals surface area contributed by atoms with E-state index in [4.69, 9.17) is 9.84 Å². The van der Waals surface area contributed by atoms with Crippen molar-refractivity contribution in [1.82, 2.24) is 4.98 Å². The van der Waals surface area contributed by atoms with Crippen molar-refractivity contribution in [2.24, 2.45) is 0 Å². The first kappa shape index (κ1) is 15.4. The SMILES string of the molecule is CC(C)OCCCCNc1nccc(C(=O)O)c1F. The second-order valence-electron chi connectivity index (χ2n) is 4.38. The number of nitrogens with one attached hydrogen (secondary N) is 1. The molecule has 0 atom stereocenters. The fourth-order valence-electron chi connectivity index (χ4n) is 1.49. The Labute approximate surface area is 111 Å². The monoisotopic (exact) mass is 270 g/mol. The number of nitrogens with zero attached hydrogens (tertiary/aromatic N) is 1. The third-order valence-corrected chi connectivity index (χ3v) is 2.43. The number of carboxylic acid groups (broad SMARTS) is 1. The summed E-state index contributed by atoms with van der Waals surface area (Å²) in [7, 11) is 0. The summed E-state index contributed by atoms with van der Waals surface area (Å²) in [4.78, 5) is 14.5. The molecule has 0 aliphatic rings. The van der Waals surface area contributed by atoms with Crippen molar-refractivity contribution in [3.05, 3.63) is 23.6 Å². The van der Waals surface area contributed by atoms with Crippen LogP contribution in [0.1, 0.15) is 37.0 Å². The Morgan fingerprint density at radius 3 is 2.89 bits per heavy atom. The van der Waals surface area contributed by atoms with Crippen LogP contribution in [0.5, 0.6) is 0 Å². The summed E-state index contributed by atoms with van der Waals surface area (Å²) >= 11 is 0. The lowest BCUT2D eigenvalue weighted by atomic mass is 10.2. The Hall–Kier alpha value is -1.69. The highest BCUT2D eigenvalue weighted by Crippen LogP contribution is 2.14. The van der Waals surface area contributed by atoms with E-state index in [1.807, 2.05) is 13.8 Å². The Bertz CT molecular complexity index is 424. The highest BCUT2D eigenvalue weighted by molar-refractivity contribution is 5.88. The Morgan fingerprint density at radius 2 is 2.26 bits per heavy atom. The van der Waals surface area contributed by atoms with Gasteiger partial charge in [0.15, 0.2) is 11.6 Å². The van der Waals surface area contributed by atoms with Crippen LogP contribution in [0, 0.1) is 5.82 Å². The minimum atomic E-state index is -1.30. The number of halogens is 1. The number of ether oxygens (including phenoxy) is 1. The van der Waals surface area contributed by atoms with Crippen molar-refractivity contribution in [3.63, 3.8) is 0 Å². The molecule has 19 heavy (non-hydrogen) atoms. The van der Waals surface area contributed by atoms with Gasteiger partial charge in [0.1, 0.15) is 5.56 Å². The average molecular weight is 270 g/mol. The standard InChI is InChI=1S/C13H19FN2O3/c1-9(2)19-8-4-3-6-15-12-11(14)10(13(17)18)5-7-16-12/h5,7,9H,3-4,6,8H2,1-2H3,(H,15,16)(H,17,18). The van der Waals surface area contributed by atoms with Crippen molar-refractivity contribution >= 4 is 11.8 Å². The van der Waals surface area contributed by atoms with Gasteiger partial charge < -0.3 is 15.2 Å². The number of hydrogen-bond acceptors (Lipinski definition) is 4. The molecule has 1 aromatic heterocycles. The predicted octanol–water partition coefficient (Wildman–Crippen LogP) is 2.54. The number of aromatic nitrogens is 1. The maximum atomic E-state index is 13.7. The summed E-state index contributed by atoms with van der Waals surface area (Å²) in [6.45, 7) is 5.11. The molecule has 106 valence electrons. The zero-order valence-electron chi connectivity index (χ0n) is 11.1. The molecule has 0 aromatic carbocycles. The molecule has 1 rings (SSSR count). The van der Waals surface area contributed by atoms with Gasteiger partial charge in [-0.3, -0.25) is 0 Å². The summed E-state index contributed by atoms with van der Waals surface area (Å²) in [5, 5.41) is 11.6. The van der Waals surface area contributed by atoms with Crippen LogP contribution in [-0.4, -0.2) is 35.3 Å². The molecule has 0 saturated carbocycles. The van der Waals surface area contributed by atoms with E-state index in [1.165, 1.54) is 6.20 Å². The first-order chi connectivity index (χ1) is 9.02. The van der Waals surface area contributed by atoms with Gasteiger partial charge in [-0.1, -0.05) is 0 Å². The zero-order valence-corrected chi connectivity index (χ0v) is 11.1. The first-order valence-electron chi connectivity index (χ1n) is 6.25. The second kappa shape index (κ2) is 7.68. The number of unbranched alkanes of at least 4 members (excludes halogenated alkanes) is 1. The van der Waals surface area contributed by atoms with Crippen LogP contribution in [0.4, 0.5) is 10.2 Å². The normalized spacial score (nSPS) is 10.7. The van der Waals surface area contributed by atoms with Crippen LogP contribution in [0.3, 0.4) is 0 Å². The van der Waals surface area contributed by atoms with E-state index in [9.17, 15) is 9.18 Å². The third-order valence-electron chi connectivity index (χ3n) is 2.43. The Morgan fingerprint density at radius 1 is 1.53 bits per heavy atom. The van der Waals surface area contributed by atoms with Crippen molar-refractivity contribution in [2.45, 2.75) is 32.8 Å². The number of pyridine rings is 1. The Balaban J connectivity index is 2.37. The molecule has 1 heterocycles. The third kappa shape index (κ3) is 5.21. The first-order valence-corrected chi connectivity index (χ1v) is 6.25. The lowest BCUT2D eigenvalue weighted by Crippen LogP contribution is -2.10. The van der Waals surface area contributed by atoms with E-state index in [1.54, 1.807) is 0 Å². The summed E-state index contributed by atoms with van der Waals surface area (Å²) in [6, 6.07) is 1.14. The molecule has 6 heteroatoms. The molecule has 0 radical (unpaired) electrons. The number of aromatic carboxylic acids is 1. The van der Waals surface area contributed by atoms with E-state index < -0.39 is 11.8 Å². The van der Waals surface area contributed by atoms with Crippen LogP contribution in [-0.2, 0) is 4.74 Å². The molecule has 0 bridgehead atoms. The number of hydrogen-bond donors (Lipinski definition) is 2. The maximum absolute atomic E-state index is 13.7. The van der Waals surface area contributed by atoms with Crippen LogP contribution >= 0.6 is 0 Å². The predicted molar refractivity (Wildman–Crippen MR) is 70.0 cm³/mol. The summed E-state index contributed by atoms with van der Waals surface area (Å²) in [6.07, 6.45) is 3.13. The maximum Gasteiger partial charge on any atom is 0.338 e. The molecule has 2 N–H and O–H groups in total. The van der Waals surface area contributed by atoms with Gasteiger partial charge in [-0.05, 0) is 32.8 Å². The minimum Gasteiger partial charge on any atom is -0.478 e. The van der Waals surface area contributed by atoms with Crippen LogP contribution in [0.2, 0.25) is 0 Å². The van der Waals surface area contributed by atoms with Gasteiger partial charge in [-0.2, -0.15) is 0 Å². The lowest BCUT2D eigenvalue weighted by Gasteiger charge is -2.09. The highest BCUT2D eigenvalue weighted by Gasteiger charge is 2.14. The summed E-state index contributed by atoms with van der Waals surface area (Å²) in [5.41, 5.74) is -0.374. The number of rotatable bonds is 8. The Kier molecular flexibility index (Phi) is 6.21. The number of carbonyl (C=O) groups is 1. The molecular formula is C13H19FN2O3. The quantitative estimate of drug-likeness (QED) is 0.710. The average Bonchev–Trinajstić information content (AvgIpc) is 2.34. The minimum absolute atomic E-state index is 0.0234. The fraction of sp³-hybridized carbons (Fsp3) is 0.538.